The van der Waals surface area contributed by atoms with Crippen LogP contribution in [0.1, 0.15) is 0 Å². The number of fused-ring (bicyclic) bond motifs is 1. The van der Waals surface area contributed by atoms with Gasteiger partial charge in [-0.2, -0.15) is 4.31 Å². The molecule has 1 aromatic heterocycles. The molecule has 1 aromatic carbocycles. The third-order valence-electron chi connectivity index (χ3n) is 2.71. The first-order valence-electron chi connectivity index (χ1n) is 5.50. The molecule has 1 heterocycles. The van der Waals surface area contributed by atoms with E-state index in [0.29, 0.717) is 5.39 Å². The number of carbonyl (C=O) groups excluding carboxylic acids is 1. The van der Waals surface area contributed by atoms with Gasteiger partial charge in [0.1, 0.15) is 0 Å². The Hall–Kier alpha value is -1.99. The normalized spacial score (nSPS) is 11.9. The Balaban J connectivity index is 2.58. The molecule has 0 unspecified atom stereocenters. The van der Waals surface area contributed by atoms with Crippen LogP contribution in [0.4, 0.5) is 0 Å². The third-order valence-corrected chi connectivity index (χ3v) is 4.57. The van der Waals surface area contributed by atoms with Gasteiger partial charge in [-0.25, -0.2) is 8.42 Å². The van der Waals surface area contributed by atoms with Gasteiger partial charge in [-0.05, 0) is 12.1 Å². The van der Waals surface area contributed by atoms with E-state index in [2.05, 4.69) is 4.98 Å². The second-order valence-electron chi connectivity index (χ2n) is 4.08. The van der Waals surface area contributed by atoms with Gasteiger partial charge < -0.3 is 5.73 Å². The number of pyridine rings is 1. The minimum atomic E-state index is -3.76. The molecule has 7 heteroatoms. The first kappa shape index (κ1) is 13.4. The Kier molecular flexibility index (Phi) is 3.50. The van der Waals surface area contributed by atoms with E-state index < -0.39 is 15.9 Å². The highest BCUT2D eigenvalue weighted by Gasteiger charge is 2.23. The van der Waals surface area contributed by atoms with Crippen molar-refractivity contribution in [2.75, 3.05) is 13.6 Å². The number of aromatic nitrogens is 1. The van der Waals surface area contributed by atoms with E-state index in [4.69, 9.17) is 5.73 Å². The Bertz CT molecular complexity index is 723. The van der Waals surface area contributed by atoms with Crippen molar-refractivity contribution in [2.45, 2.75) is 4.90 Å². The van der Waals surface area contributed by atoms with Crippen LogP contribution in [0.2, 0.25) is 0 Å². The lowest BCUT2D eigenvalue weighted by Gasteiger charge is -2.16. The highest BCUT2D eigenvalue weighted by Crippen LogP contribution is 2.24. The molecule has 0 saturated heterocycles. The number of primary amides is 1. The highest BCUT2D eigenvalue weighted by atomic mass is 32.2. The molecule has 0 atom stereocenters. The van der Waals surface area contributed by atoms with E-state index in [0.717, 1.165) is 9.69 Å². The van der Waals surface area contributed by atoms with Gasteiger partial charge >= 0.3 is 0 Å². The fraction of sp³-hybridized carbons (Fsp3) is 0.167. The molecule has 0 fully saturated rings. The van der Waals surface area contributed by atoms with Crippen molar-refractivity contribution in [3.8, 4) is 0 Å². The summed E-state index contributed by atoms with van der Waals surface area (Å²) in [7, 11) is -2.44. The summed E-state index contributed by atoms with van der Waals surface area (Å²) in [4.78, 5) is 14.9. The van der Waals surface area contributed by atoms with Crippen molar-refractivity contribution in [3.63, 3.8) is 0 Å². The van der Waals surface area contributed by atoms with Gasteiger partial charge in [-0.1, -0.05) is 12.1 Å². The van der Waals surface area contributed by atoms with Crippen molar-refractivity contribution in [3.05, 3.63) is 36.7 Å². The minimum Gasteiger partial charge on any atom is -0.369 e. The van der Waals surface area contributed by atoms with Gasteiger partial charge in [0.15, 0.2) is 0 Å². The maximum Gasteiger partial charge on any atom is 0.243 e. The molecule has 6 nitrogen and oxygen atoms in total. The Morgan fingerprint density at radius 2 is 2.11 bits per heavy atom. The molecule has 0 aliphatic carbocycles. The fourth-order valence-electron chi connectivity index (χ4n) is 1.79. The lowest BCUT2D eigenvalue weighted by molar-refractivity contribution is -0.118. The number of amides is 1. The van der Waals surface area contributed by atoms with Crippen molar-refractivity contribution < 1.29 is 13.2 Å². The van der Waals surface area contributed by atoms with Crippen molar-refractivity contribution in [2.24, 2.45) is 5.73 Å². The summed E-state index contributed by atoms with van der Waals surface area (Å²) in [5.74, 6) is -0.701. The first-order chi connectivity index (χ1) is 8.93. The van der Waals surface area contributed by atoms with Crippen LogP contribution in [0.15, 0.2) is 41.6 Å². The average molecular weight is 279 g/mol. The van der Waals surface area contributed by atoms with E-state index in [1.54, 1.807) is 24.4 Å². The second-order valence-corrected chi connectivity index (χ2v) is 6.09. The van der Waals surface area contributed by atoms with Crippen LogP contribution >= 0.6 is 0 Å². The molecule has 2 rings (SSSR count). The molecule has 1 amide bonds. The first-order valence-corrected chi connectivity index (χ1v) is 6.94. The zero-order valence-electron chi connectivity index (χ0n) is 10.3. The SMILES string of the molecule is CN(CC(N)=O)S(=O)(=O)c1cccc2cnccc12. The number of likely N-dealkylation sites (N-methyl/N-ethyl adjacent to an activating group) is 1. The average Bonchev–Trinajstić information content (AvgIpc) is 2.37. The Morgan fingerprint density at radius 1 is 1.37 bits per heavy atom. The zero-order chi connectivity index (χ0) is 14.0. The molecule has 19 heavy (non-hydrogen) atoms. The monoisotopic (exact) mass is 279 g/mol. The van der Waals surface area contributed by atoms with Crippen LogP contribution in [-0.2, 0) is 14.8 Å². The molecular weight excluding hydrogens is 266 g/mol. The summed E-state index contributed by atoms with van der Waals surface area (Å²) in [6.45, 7) is -0.357. The van der Waals surface area contributed by atoms with E-state index in [1.807, 2.05) is 0 Å². The molecule has 2 N–H and O–H groups in total. The summed E-state index contributed by atoms with van der Waals surface area (Å²) < 4.78 is 25.7. The lowest BCUT2D eigenvalue weighted by Crippen LogP contribution is -2.35. The summed E-state index contributed by atoms with van der Waals surface area (Å²) in [6, 6.07) is 6.53. The van der Waals surface area contributed by atoms with Gasteiger partial charge in [-0.3, -0.25) is 9.78 Å². The molecule has 0 radical (unpaired) electrons. The van der Waals surface area contributed by atoms with Gasteiger partial charge in [-0.15, -0.1) is 0 Å². The highest BCUT2D eigenvalue weighted by molar-refractivity contribution is 7.89. The largest absolute Gasteiger partial charge is 0.369 e. The van der Waals surface area contributed by atoms with Crippen molar-refractivity contribution >= 4 is 26.7 Å². The van der Waals surface area contributed by atoms with Gasteiger partial charge in [0.05, 0.1) is 11.4 Å². The Labute approximate surface area is 110 Å². The van der Waals surface area contributed by atoms with Gasteiger partial charge in [0, 0.05) is 30.2 Å². The standard InChI is InChI=1S/C12H13N3O3S/c1-15(8-12(13)16)19(17,18)11-4-2-3-9-7-14-6-5-10(9)11/h2-7H,8H2,1H3,(H2,13,16). The lowest BCUT2D eigenvalue weighted by atomic mass is 10.2. The van der Waals surface area contributed by atoms with Crippen LogP contribution in [0.25, 0.3) is 10.8 Å². The van der Waals surface area contributed by atoms with E-state index in [1.165, 1.54) is 19.3 Å². The van der Waals surface area contributed by atoms with Crippen LogP contribution in [0.3, 0.4) is 0 Å². The summed E-state index contributed by atoms with van der Waals surface area (Å²) in [5.41, 5.74) is 5.03. The number of nitrogens with zero attached hydrogens (tertiary/aromatic N) is 2. The minimum absolute atomic E-state index is 0.135. The predicted octanol–water partition coefficient (Wildman–Crippen LogP) is 0.341. The smallest absolute Gasteiger partial charge is 0.243 e. The van der Waals surface area contributed by atoms with Gasteiger partial charge in [0.2, 0.25) is 15.9 Å². The maximum atomic E-state index is 12.4. The van der Waals surface area contributed by atoms with Crippen LogP contribution in [0.5, 0.6) is 0 Å². The zero-order valence-corrected chi connectivity index (χ0v) is 11.1. The fourth-order valence-corrected chi connectivity index (χ4v) is 3.14. The number of rotatable bonds is 4. The number of hydrogen-bond donors (Lipinski definition) is 1. The predicted molar refractivity (Wildman–Crippen MR) is 70.8 cm³/mol. The molecular formula is C12H13N3O3S. The number of benzene rings is 1. The number of nitrogens with two attached hydrogens (primary N) is 1. The molecule has 0 aliphatic rings. The number of carbonyl (C=O) groups is 1. The maximum absolute atomic E-state index is 12.4. The van der Waals surface area contributed by atoms with Gasteiger partial charge in [0.25, 0.3) is 0 Å². The van der Waals surface area contributed by atoms with E-state index in [9.17, 15) is 13.2 Å². The molecule has 2 aromatic rings. The third kappa shape index (κ3) is 2.56. The molecule has 0 aliphatic heterocycles. The molecule has 100 valence electrons. The molecule has 0 bridgehead atoms. The Morgan fingerprint density at radius 3 is 2.79 bits per heavy atom. The summed E-state index contributed by atoms with van der Waals surface area (Å²) in [5, 5.41) is 1.28. The summed E-state index contributed by atoms with van der Waals surface area (Å²) in [6.07, 6.45) is 3.11. The summed E-state index contributed by atoms with van der Waals surface area (Å²) >= 11 is 0. The van der Waals surface area contributed by atoms with Crippen LogP contribution in [-0.4, -0.2) is 37.2 Å². The van der Waals surface area contributed by atoms with Crippen molar-refractivity contribution in [1.29, 1.82) is 0 Å². The van der Waals surface area contributed by atoms with Crippen molar-refractivity contribution in [1.82, 2.24) is 9.29 Å². The molecule has 0 spiro atoms. The van der Waals surface area contributed by atoms with Crippen LogP contribution in [0, 0.1) is 0 Å². The quantitative estimate of drug-likeness (QED) is 0.873. The number of sulfonamides is 1. The van der Waals surface area contributed by atoms with Crippen LogP contribution < -0.4 is 5.73 Å². The number of hydrogen-bond acceptors (Lipinski definition) is 4. The topological polar surface area (TPSA) is 93.4 Å². The molecule has 0 saturated carbocycles. The second kappa shape index (κ2) is 4.94. The van der Waals surface area contributed by atoms with E-state index >= 15 is 0 Å². The van der Waals surface area contributed by atoms with E-state index in [-0.39, 0.29) is 11.4 Å².